The summed E-state index contributed by atoms with van der Waals surface area (Å²) in [4.78, 5) is 16.2. The molecule has 2 aromatic rings. The minimum absolute atomic E-state index is 0.103. The average Bonchev–Trinajstić information content (AvgIpc) is 3.09. The number of hydrogen-bond acceptors (Lipinski definition) is 6. The number of benzene rings is 1. The van der Waals surface area contributed by atoms with Crippen molar-refractivity contribution in [3.05, 3.63) is 68.5 Å². The van der Waals surface area contributed by atoms with E-state index in [9.17, 15) is 10.1 Å². The normalized spacial score (nSPS) is 19.4. The lowest BCUT2D eigenvalue weighted by Gasteiger charge is -2.39. The Bertz CT molecular complexity index is 1090. The number of nitriles is 1. The van der Waals surface area contributed by atoms with Crippen molar-refractivity contribution in [3.63, 3.8) is 0 Å². The predicted octanol–water partition coefficient (Wildman–Crippen LogP) is 5.74. The number of carbonyl (C=O) groups is 1. The van der Waals surface area contributed by atoms with E-state index in [0.717, 1.165) is 38.9 Å². The summed E-state index contributed by atoms with van der Waals surface area (Å²) in [7, 11) is 0. The molecule has 29 heavy (non-hydrogen) atoms. The van der Waals surface area contributed by atoms with Crippen LogP contribution in [0.1, 0.15) is 35.6 Å². The number of carbonyl (C=O) groups excluding carboxylic acids is 1. The van der Waals surface area contributed by atoms with Gasteiger partial charge in [-0.25, -0.2) is 0 Å². The van der Waals surface area contributed by atoms with Crippen LogP contribution in [-0.2, 0) is 4.79 Å². The second-order valence-corrected chi connectivity index (χ2v) is 9.86. The van der Waals surface area contributed by atoms with Gasteiger partial charge in [0.05, 0.1) is 21.8 Å². The van der Waals surface area contributed by atoms with Gasteiger partial charge in [-0.3, -0.25) is 9.69 Å². The maximum Gasteiger partial charge on any atom is 0.161 e. The van der Waals surface area contributed by atoms with Crippen molar-refractivity contribution in [2.75, 3.05) is 11.2 Å². The Hall–Kier alpha value is -2.20. The monoisotopic (exact) mass is 441 g/mol. The second kappa shape index (κ2) is 7.91. The molecule has 1 aliphatic carbocycles. The van der Waals surface area contributed by atoms with Crippen LogP contribution in [0.4, 0.5) is 5.69 Å². The van der Waals surface area contributed by atoms with E-state index in [-0.39, 0.29) is 5.78 Å². The highest BCUT2D eigenvalue weighted by Crippen LogP contribution is 2.49. The average molecular weight is 442 g/mol. The zero-order valence-corrected chi connectivity index (χ0v) is 18.5. The fraction of sp³-hybridized carbons (Fsp3) is 0.273. The van der Waals surface area contributed by atoms with E-state index in [1.807, 2.05) is 30.2 Å². The molecule has 0 amide bonds. The molecule has 0 spiro atoms. The highest BCUT2D eigenvalue weighted by Gasteiger charge is 2.41. The van der Waals surface area contributed by atoms with Crippen molar-refractivity contribution in [3.8, 4) is 6.07 Å². The molecule has 4 rings (SSSR count). The largest absolute Gasteiger partial charge is 0.384 e. The Balaban J connectivity index is 1.98. The van der Waals surface area contributed by atoms with Crippen LogP contribution in [0.3, 0.4) is 0 Å². The summed E-state index contributed by atoms with van der Waals surface area (Å²) in [5.41, 5.74) is 10.5. The molecule has 1 atom stereocenters. The first-order valence-electron chi connectivity index (χ1n) is 9.32. The molecule has 148 valence electrons. The number of nitrogens with zero attached hydrogens (tertiary/aromatic N) is 2. The first kappa shape index (κ1) is 20.1. The first-order valence-corrected chi connectivity index (χ1v) is 11.7. The van der Waals surface area contributed by atoms with E-state index < -0.39 is 5.92 Å². The summed E-state index contributed by atoms with van der Waals surface area (Å²) in [6, 6.07) is 11.7. The van der Waals surface area contributed by atoms with Crippen LogP contribution < -0.4 is 10.6 Å². The highest BCUT2D eigenvalue weighted by molar-refractivity contribution is 8.00. The predicted molar refractivity (Wildman–Crippen MR) is 120 cm³/mol. The lowest BCUT2D eigenvalue weighted by atomic mass is 9.76. The quantitative estimate of drug-likeness (QED) is 0.615. The first-order chi connectivity index (χ1) is 14.0. The number of Topliss-reactive ketones (excluding diaryl/α,β-unsaturated/α-hetero) is 1. The minimum atomic E-state index is -0.404. The molecule has 0 saturated heterocycles. The Morgan fingerprint density at radius 2 is 2.03 bits per heavy atom. The number of thiophene rings is 1. The molecular weight excluding hydrogens is 422 g/mol. The topological polar surface area (TPSA) is 70.1 Å². The zero-order valence-electron chi connectivity index (χ0n) is 16.2. The fourth-order valence-corrected chi connectivity index (χ4v) is 6.19. The third-order valence-corrected chi connectivity index (χ3v) is 7.81. The molecule has 1 aliphatic heterocycles. The van der Waals surface area contributed by atoms with Crippen LogP contribution in [0, 0.1) is 18.3 Å². The van der Waals surface area contributed by atoms with Crippen LogP contribution in [0.2, 0.25) is 5.02 Å². The number of rotatable bonds is 3. The van der Waals surface area contributed by atoms with E-state index >= 15 is 0 Å². The van der Waals surface area contributed by atoms with Crippen molar-refractivity contribution in [1.29, 1.82) is 5.26 Å². The molecule has 2 N–H and O–H groups in total. The van der Waals surface area contributed by atoms with Crippen molar-refractivity contribution in [2.24, 2.45) is 5.73 Å². The highest BCUT2D eigenvalue weighted by atomic mass is 35.5. The molecule has 4 nitrogen and oxygen atoms in total. The van der Waals surface area contributed by atoms with Gasteiger partial charge in [-0.1, -0.05) is 11.6 Å². The third-order valence-electron chi connectivity index (χ3n) is 5.34. The standard InChI is InChI=1S/C22H20ClN3OS2/c1-12-10-15(22(28-2)29-12)19-16(11-24)21(25)26(14-8-6-13(23)7-9-14)17-4-3-5-18(27)20(17)19/h6-10,19H,3-5,25H2,1-2H3. The lowest BCUT2D eigenvalue weighted by Crippen LogP contribution is -2.38. The molecule has 1 unspecified atom stereocenters. The fourth-order valence-electron chi connectivity index (χ4n) is 4.16. The van der Waals surface area contributed by atoms with Gasteiger partial charge in [0.1, 0.15) is 5.82 Å². The van der Waals surface area contributed by atoms with Crippen LogP contribution >= 0.6 is 34.7 Å². The lowest BCUT2D eigenvalue weighted by molar-refractivity contribution is -0.116. The van der Waals surface area contributed by atoms with Crippen LogP contribution in [0.5, 0.6) is 0 Å². The Morgan fingerprint density at radius 1 is 1.31 bits per heavy atom. The van der Waals surface area contributed by atoms with E-state index in [2.05, 4.69) is 12.1 Å². The molecular formula is C22H20ClN3OS2. The van der Waals surface area contributed by atoms with Gasteiger partial charge in [-0.05, 0) is 61.9 Å². The summed E-state index contributed by atoms with van der Waals surface area (Å²) in [6.07, 6.45) is 4.05. The second-order valence-electron chi connectivity index (χ2n) is 7.10. The van der Waals surface area contributed by atoms with Gasteiger partial charge >= 0.3 is 0 Å². The SMILES string of the molecule is CSc1sc(C)cc1C1C(C#N)=C(N)N(c2ccc(Cl)cc2)C2=C1C(=O)CCC2. The van der Waals surface area contributed by atoms with Crippen LogP contribution in [0.15, 0.2) is 57.2 Å². The third kappa shape index (κ3) is 3.38. The number of allylic oxidation sites excluding steroid dienone is 3. The number of nitrogens with two attached hydrogens (primary N) is 1. The smallest absolute Gasteiger partial charge is 0.161 e. The van der Waals surface area contributed by atoms with Gasteiger partial charge in [0.2, 0.25) is 0 Å². The van der Waals surface area contributed by atoms with Gasteiger partial charge < -0.3 is 5.73 Å². The van der Waals surface area contributed by atoms with Gasteiger partial charge in [0, 0.05) is 33.3 Å². The number of ketones is 1. The van der Waals surface area contributed by atoms with E-state index in [1.54, 1.807) is 35.2 Å². The number of aryl methyl sites for hydroxylation is 1. The summed E-state index contributed by atoms with van der Waals surface area (Å²) in [5.74, 6) is 0.0919. The summed E-state index contributed by atoms with van der Waals surface area (Å²) in [5, 5.41) is 10.7. The maximum atomic E-state index is 13.1. The molecule has 7 heteroatoms. The van der Waals surface area contributed by atoms with Crippen LogP contribution in [0.25, 0.3) is 0 Å². The molecule has 1 aromatic carbocycles. The summed E-state index contributed by atoms with van der Waals surface area (Å²) >= 11 is 9.40. The molecule has 0 fully saturated rings. The van der Waals surface area contributed by atoms with Gasteiger partial charge in [-0.15, -0.1) is 23.1 Å². The number of halogens is 1. The molecule has 0 radical (unpaired) electrons. The number of anilines is 1. The molecule has 2 aliphatic rings. The Kier molecular flexibility index (Phi) is 5.48. The number of thioether (sulfide) groups is 1. The molecule has 0 bridgehead atoms. The van der Waals surface area contributed by atoms with Gasteiger partial charge in [-0.2, -0.15) is 5.26 Å². The van der Waals surface area contributed by atoms with E-state index in [4.69, 9.17) is 17.3 Å². The summed E-state index contributed by atoms with van der Waals surface area (Å²) in [6.45, 7) is 2.05. The van der Waals surface area contributed by atoms with Crippen molar-refractivity contribution >= 4 is 46.2 Å². The molecule has 2 heterocycles. The number of hydrogen-bond donors (Lipinski definition) is 1. The van der Waals surface area contributed by atoms with Crippen LogP contribution in [-0.4, -0.2) is 12.0 Å². The maximum absolute atomic E-state index is 13.1. The summed E-state index contributed by atoms with van der Waals surface area (Å²) < 4.78 is 1.12. The van der Waals surface area contributed by atoms with Crippen molar-refractivity contribution < 1.29 is 4.79 Å². The van der Waals surface area contributed by atoms with E-state index in [0.29, 0.717) is 28.4 Å². The molecule has 0 saturated carbocycles. The van der Waals surface area contributed by atoms with Crippen molar-refractivity contribution in [2.45, 2.75) is 36.3 Å². The zero-order chi connectivity index (χ0) is 20.7. The minimum Gasteiger partial charge on any atom is -0.384 e. The van der Waals surface area contributed by atoms with Gasteiger partial charge in [0.15, 0.2) is 5.78 Å². The van der Waals surface area contributed by atoms with Crippen molar-refractivity contribution in [1.82, 2.24) is 0 Å². The van der Waals surface area contributed by atoms with Gasteiger partial charge in [0.25, 0.3) is 0 Å². The Labute approximate surface area is 183 Å². The molecule has 1 aromatic heterocycles. The van der Waals surface area contributed by atoms with E-state index in [1.165, 1.54) is 0 Å². The Morgan fingerprint density at radius 3 is 2.69 bits per heavy atom.